The van der Waals surface area contributed by atoms with E-state index in [9.17, 15) is 14.0 Å². The highest BCUT2D eigenvalue weighted by Crippen LogP contribution is 2.30. The molecular formula is C15H18FNO4. The molecule has 0 aliphatic carbocycles. The van der Waals surface area contributed by atoms with Gasteiger partial charge in [-0.1, -0.05) is 6.07 Å². The van der Waals surface area contributed by atoms with Crippen LogP contribution in [0.15, 0.2) is 24.3 Å². The molecule has 0 radical (unpaired) electrons. The molecule has 0 spiro atoms. The van der Waals surface area contributed by atoms with Crippen molar-refractivity contribution in [1.29, 1.82) is 0 Å². The van der Waals surface area contributed by atoms with Gasteiger partial charge in [0.15, 0.2) is 6.10 Å². The van der Waals surface area contributed by atoms with E-state index in [0.717, 1.165) is 0 Å². The third-order valence-electron chi connectivity index (χ3n) is 3.76. The zero-order valence-corrected chi connectivity index (χ0v) is 12.0. The molecule has 0 saturated carbocycles. The van der Waals surface area contributed by atoms with E-state index >= 15 is 0 Å². The maximum Gasteiger partial charge on any atom is 0.311 e. The third kappa shape index (κ3) is 3.32. The molecule has 1 aliphatic heterocycles. The van der Waals surface area contributed by atoms with Crippen molar-refractivity contribution in [2.75, 3.05) is 13.1 Å². The number of carbonyl (C=O) groups excluding carboxylic acids is 1. The highest BCUT2D eigenvalue weighted by molar-refractivity contribution is 5.83. The third-order valence-corrected chi connectivity index (χ3v) is 3.76. The van der Waals surface area contributed by atoms with Crippen molar-refractivity contribution in [2.24, 2.45) is 5.41 Å². The molecule has 1 aromatic rings. The summed E-state index contributed by atoms with van der Waals surface area (Å²) in [7, 11) is 0. The largest absolute Gasteiger partial charge is 0.481 e. The van der Waals surface area contributed by atoms with Crippen LogP contribution in [-0.4, -0.2) is 41.1 Å². The Morgan fingerprint density at radius 3 is 2.76 bits per heavy atom. The molecule has 0 unspecified atom stereocenters. The number of nitrogens with zero attached hydrogens (tertiary/aromatic N) is 1. The Morgan fingerprint density at radius 1 is 1.48 bits per heavy atom. The van der Waals surface area contributed by atoms with E-state index in [-0.39, 0.29) is 18.2 Å². The lowest BCUT2D eigenvalue weighted by Crippen LogP contribution is -2.41. The summed E-state index contributed by atoms with van der Waals surface area (Å²) in [5, 5.41) is 9.17. The van der Waals surface area contributed by atoms with Crippen LogP contribution in [0.2, 0.25) is 0 Å². The summed E-state index contributed by atoms with van der Waals surface area (Å²) in [5.74, 6) is -1.36. The van der Waals surface area contributed by atoms with Crippen molar-refractivity contribution in [3.05, 3.63) is 30.1 Å². The fraction of sp³-hybridized carbons (Fsp3) is 0.467. The Labute approximate surface area is 122 Å². The van der Waals surface area contributed by atoms with Gasteiger partial charge in [0.05, 0.1) is 5.41 Å². The van der Waals surface area contributed by atoms with Gasteiger partial charge in [-0.25, -0.2) is 4.39 Å². The molecule has 1 amide bonds. The first kappa shape index (κ1) is 15.3. The van der Waals surface area contributed by atoms with E-state index in [1.807, 2.05) is 0 Å². The SMILES string of the molecule is C[C@H](Oc1cccc(F)c1)C(=O)N1CC[C@@](C)(C(=O)O)C1. The predicted molar refractivity (Wildman–Crippen MR) is 73.4 cm³/mol. The van der Waals surface area contributed by atoms with Crippen LogP contribution in [0.1, 0.15) is 20.3 Å². The summed E-state index contributed by atoms with van der Waals surface area (Å²) in [5.41, 5.74) is -0.908. The van der Waals surface area contributed by atoms with E-state index in [4.69, 9.17) is 9.84 Å². The zero-order chi connectivity index (χ0) is 15.6. The summed E-state index contributed by atoms with van der Waals surface area (Å²) in [6, 6.07) is 5.56. The second kappa shape index (κ2) is 5.71. The van der Waals surface area contributed by atoms with Gasteiger partial charge in [-0.05, 0) is 32.4 Å². The highest BCUT2D eigenvalue weighted by atomic mass is 19.1. The van der Waals surface area contributed by atoms with Crippen molar-refractivity contribution in [3.8, 4) is 5.75 Å². The maximum atomic E-state index is 13.1. The Bertz CT molecular complexity index is 562. The van der Waals surface area contributed by atoms with Gasteiger partial charge in [0.2, 0.25) is 0 Å². The number of amides is 1. The maximum absolute atomic E-state index is 13.1. The van der Waals surface area contributed by atoms with Crippen molar-refractivity contribution in [1.82, 2.24) is 4.90 Å². The molecule has 6 heteroatoms. The van der Waals surface area contributed by atoms with Crippen LogP contribution in [0.5, 0.6) is 5.75 Å². The molecule has 0 aromatic heterocycles. The molecule has 1 aliphatic rings. The second-order valence-corrected chi connectivity index (χ2v) is 5.59. The summed E-state index contributed by atoms with van der Waals surface area (Å²) in [6.45, 7) is 3.75. The summed E-state index contributed by atoms with van der Waals surface area (Å²) in [4.78, 5) is 24.9. The number of ether oxygens (including phenoxy) is 1. The van der Waals surface area contributed by atoms with Gasteiger partial charge in [0.1, 0.15) is 11.6 Å². The Hall–Kier alpha value is -2.11. The topological polar surface area (TPSA) is 66.8 Å². The number of benzene rings is 1. The van der Waals surface area contributed by atoms with E-state index in [2.05, 4.69) is 0 Å². The molecule has 1 aromatic carbocycles. The van der Waals surface area contributed by atoms with E-state index in [1.165, 1.54) is 23.1 Å². The van der Waals surface area contributed by atoms with Crippen molar-refractivity contribution >= 4 is 11.9 Å². The smallest absolute Gasteiger partial charge is 0.311 e. The van der Waals surface area contributed by atoms with Gasteiger partial charge in [-0.3, -0.25) is 9.59 Å². The first-order chi connectivity index (χ1) is 9.82. The lowest BCUT2D eigenvalue weighted by Gasteiger charge is -2.23. The zero-order valence-electron chi connectivity index (χ0n) is 12.0. The molecule has 21 heavy (non-hydrogen) atoms. The normalized spacial score (nSPS) is 22.9. The number of carbonyl (C=O) groups is 2. The Balaban J connectivity index is 1.99. The molecule has 1 N–H and O–H groups in total. The van der Waals surface area contributed by atoms with Crippen LogP contribution in [0.25, 0.3) is 0 Å². The van der Waals surface area contributed by atoms with Gasteiger partial charge in [-0.2, -0.15) is 0 Å². The average Bonchev–Trinajstić information content (AvgIpc) is 2.82. The molecule has 1 heterocycles. The molecule has 5 nitrogen and oxygen atoms in total. The number of rotatable bonds is 4. The lowest BCUT2D eigenvalue weighted by molar-refractivity contribution is -0.147. The average molecular weight is 295 g/mol. The molecule has 114 valence electrons. The van der Waals surface area contributed by atoms with Crippen molar-refractivity contribution in [2.45, 2.75) is 26.4 Å². The minimum Gasteiger partial charge on any atom is -0.481 e. The molecule has 1 saturated heterocycles. The van der Waals surface area contributed by atoms with Crippen LogP contribution in [0.3, 0.4) is 0 Å². The number of carboxylic acid groups (broad SMARTS) is 1. The quantitative estimate of drug-likeness (QED) is 0.921. The monoisotopic (exact) mass is 295 g/mol. The van der Waals surface area contributed by atoms with Gasteiger partial charge < -0.3 is 14.7 Å². The first-order valence-corrected chi connectivity index (χ1v) is 6.76. The summed E-state index contributed by atoms with van der Waals surface area (Å²) < 4.78 is 18.5. The van der Waals surface area contributed by atoms with E-state index in [1.54, 1.807) is 19.9 Å². The highest BCUT2D eigenvalue weighted by Gasteiger charge is 2.43. The number of likely N-dealkylation sites (tertiary alicyclic amines) is 1. The van der Waals surface area contributed by atoms with Gasteiger partial charge in [-0.15, -0.1) is 0 Å². The minimum atomic E-state index is -0.908. The lowest BCUT2D eigenvalue weighted by atomic mass is 9.90. The van der Waals surface area contributed by atoms with Crippen LogP contribution in [0, 0.1) is 11.2 Å². The van der Waals surface area contributed by atoms with E-state index in [0.29, 0.717) is 13.0 Å². The minimum absolute atomic E-state index is 0.165. The van der Waals surface area contributed by atoms with Crippen molar-refractivity contribution in [3.63, 3.8) is 0 Å². The number of hydrogen-bond acceptors (Lipinski definition) is 3. The molecule has 1 fully saturated rings. The number of hydrogen-bond donors (Lipinski definition) is 1. The Kier molecular flexibility index (Phi) is 4.16. The van der Waals surface area contributed by atoms with Crippen LogP contribution in [0.4, 0.5) is 4.39 Å². The van der Waals surface area contributed by atoms with Crippen LogP contribution >= 0.6 is 0 Å². The van der Waals surface area contributed by atoms with Crippen molar-refractivity contribution < 1.29 is 23.8 Å². The summed E-state index contributed by atoms with van der Waals surface area (Å²) >= 11 is 0. The summed E-state index contributed by atoms with van der Waals surface area (Å²) in [6.07, 6.45) is -0.372. The van der Waals surface area contributed by atoms with Crippen LogP contribution in [-0.2, 0) is 9.59 Å². The fourth-order valence-corrected chi connectivity index (χ4v) is 2.38. The van der Waals surface area contributed by atoms with E-state index < -0.39 is 23.3 Å². The number of halogens is 1. The predicted octanol–water partition coefficient (Wildman–Crippen LogP) is 1.92. The second-order valence-electron chi connectivity index (χ2n) is 5.59. The molecule has 2 rings (SSSR count). The van der Waals surface area contributed by atoms with Crippen LogP contribution < -0.4 is 4.74 Å². The molecule has 0 bridgehead atoms. The standard InChI is InChI=1S/C15H18FNO4/c1-10(21-12-5-3-4-11(16)8-12)13(18)17-7-6-15(2,9-17)14(19)20/h3-5,8,10H,6-7,9H2,1-2H3,(H,19,20)/t10-,15+/m0/s1. The molecule has 2 atom stereocenters. The molecular weight excluding hydrogens is 277 g/mol. The fourth-order valence-electron chi connectivity index (χ4n) is 2.38. The van der Waals surface area contributed by atoms with Gasteiger partial charge in [0, 0.05) is 19.2 Å². The number of aliphatic carboxylic acids is 1. The van der Waals surface area contributed by atoms with Gasteiger partial charge >= 0.3 is 5.97 Å². The first-order valence-electron chi connectivity index (χ1n) is 6.76. The Morgan fingerprint density at radius 2 is 2.19 bits per heavy atom. The number of carboxylic acids is 1. The van der Waals surface area contributed by atoms with Gasteiger partial charge in [0.25, 0.3) is 5.91 Å².